The van der Waals surface area contributed by atoms with Crippen LogP contribution in [0.2, 0.25) is 0 Å². The van der Waals surface area contributed by atoms with E-state index < -0.39 is 0 Å². The first-order valence-electron chi connectivity index (χ1n) is 9.40. The molecule has 1 aromatic carbocycles. The SMILES string of the molecule is CCc1nc2c(n1CC)CN(CC(=O)Nc1ccc(OC)c(OC)c1)CC2. The first-order valence-corrected chi connectivity index (χ1v) is 9.40. The highest BCUT2D eigenvalue weighted by atomic mass is 16.5. The zero-order valence-electron chi connectivity index (χ0n) is 16.5. The molecule has 0 saturated heterocycles. The monoisotopic (exact) mass is 372 g/mol. The van der Waals surface area contributed by atoms with Crippen LogP contribution in [-0.2, 0) is 30.7 Å². The second-order valence-electron chi connectivity index (χ2n) is 6.60. The van der Waals surface area contributed by atoms with Gasteiger partial charge in [-0.1, -0.05) is 6.92 Å². The summed E-state index contributed by atoms with van der Waals surface area (Å²) in [6.07, 6.45) is 1.82. The van der Waals surface area contributed by atoms with Crippen molar-refractivity contribution in [1.82, 2.24) is 14.5 Å². The molecule has 7 heteroatoms. The lowest BCUT2D eigenvalue weighted by Gasteiger charge is -2.26. The highest BCUT2D eigenvalue weighted by Crippen LogP contribution is 2.29. The van der Waals surface area contributed by atoms with Gasteiger partial charge in [0.05, 0.1) is 32.2 Å². The number of nitrogens with one attached hydrogen (secondary N) is 1. The number of aryl methyl sites for hydroxylation is 1. The fraction of sp³-hybridized carbons (Fsp3) is 0.500. The third kappa shape index (κ3) is 4.08. The molecule has 1 aromatic heterocycles. The number of amides is 1. The number of anilines is 1. The van der Waals surface area contributed by atoms with E-state index in [0.29, 0.717) is 23.7 Å². The molecule has 0 bridgehead atoms. The summed E-state index contributed by atoms with van der Waals surface area (Å²) in [4.78, 5) is 19.5. The summed E-state index contributed by atoms with van der Waals surface area (Å²) in [6.45, 7) is 7.14. The van der Waals surface area contributed by atoms with Gasteiger partial charge in [-0.3, -0.25) is 9.69 Å². The van der Waals surface area contributed by atoms with Gasteiger partial charge in [0.1, 0.15) is 5.82 Å². The van der Waals surface area contributed by atoms with Gasteiger partial charge >= 0.3 is 0 Å². The first-order chi connectivity index (χ1) is 13.1. The molecule has 1 aliphatic heterocycles. The zero-order chi connectivity index (χ0) is 19.4. The Kier molecular flexibility index (Phi) is 6.01. The van der Waals surface area contributed by atoms with E-state index in [1.165, 1.54) is 11.4 Å². The van der Waals surface area contributed by atoms with Gasteiger partial charge in [0.25, 0.3) is 0 Å². The Bertz CT molecular complexity index is 816. The summed E-state index contributed by atoms with van der Waals surface area (Å²) < 4.78 is 12.8. The highest BCUT2D eigenvalue weighted by Gasteiger charge is 2.24. The van der Waals surface area contributed by atoms with Crippen molar-refractivity contribution in [3.63, 3.8) is 0 Å². The van der Waals surface area contributed by atoms with Crippen LogP contribution in [0, 0.1) is 0 Å². The number of methoxy groups -OCH3 is 2. The number of carbonyl (C=O) groups is 1. The van der Waals surface area contributed by atoms with Crippen LogP contribution in [-0.4, -0.2) is 47.7 Å². The first kappa shape index (κ1) is 19.2. The van der Waals surface area contributed by atoms with Gasteiger partial charge in [0, 0.05) is 44.2 Å². The Hall–Kier alpha value is -2.54. The van der Waals surface area contributed by atoms with Crippen molar-refractivity contribution >= 4 is 11.6 Å². The predicted octanol–water partition coefficient (Wildman–Crippen LogP) is 2.48. The van der Waals surface area contributed by atoms with Crippen molar-refractivity contribution in [2.24, 2.45) is 0 Å². The van der Waals surface area contributed by atoms with E-state index >= 15 is 0 Å². The molecule has 27 heavy (non-hydrogen) atoms. The number of fused-ring (bicyclic) bond motifs is 1. The maximum absolute atomic E-state index is 12.5. The molecule has 146 valence electrons. The van der Waals surface area contributed by atoms with Crippen molar-refractivity contribution < 1.29 is 14.3 Å². The number of ether oxygens (including phenoxy) is 2. The molecular formula is C20H28N4O3. The van der Waals surface area contributed by atoms with Crippen LogP contribution < -0.4 is 14.8 Å². The van der Waals surface area contributed by atoms with Gasteiger partial charge in [-0.15, -0.1) is 0 Å². The third-order valence-corrected chi connectivity index (χ3v) is 4.94. The van der Waals surface area contributed by atoms with E-state index in [1.54, 1.807) is 26.4 Å². The molecule has 0 spiro atoms. The lowest BCUT2D eigenvalue weighted by Crippen LogP contribution is -2.37. The minimum absolute atomic E-state index is 0.0380. The number of hydrogen-bond donors (Lipinski definition) is 1. The lowest BCUT2D eigenvalue weighted by atomic mass is 10.1. The number of carbonyl (C=O) groups excluding carboxylic acids is 1. The average Bonchev–Trinajstić information content (AvgIpc) is 3.04. The molecule has 2 aromatic rings. The molecule has 2 heterocycles. The number of rotatable bonds is 7. The number of nitrogens with zero attached hydrogens (tertiary/aromatic N) is 3. The van der Waals surface area contributed by atoms with Gasteiger partial charge < -0.3 is 19.4 Å². The predicted molar refractivity (Wildman–Crippen MR) is 104 cm³/mol. The molecule has 1 amide bonds. The Morgan fingerprint density at radius 1 is 1.22 bits per heavy atom. The summed E-state index contributed by atoms with van der Waals surface area (Å²) in [6, 6.07) is 5.37. The molecule has 1 N–H and O–H groups in total. The van der Waals surface area contributed by atoms with Gasteiger partial charge in [0.2, 0.25) is 5.91 Å². The van der Waals surface area contributed by atoms with Gasteiger partial charge in [-0.05, 0) is 19.1 Å². The van der Waals surface area contributed by atoms with E-state index in [-0.39, 0.29) is 5.91 Å². The van der Waals surface area contributed by atoms with Crippen LogP contribution in [0.1, 0.15) is 31.1 Å². The summed E-state index contributed by atoms with van der Waals surface area (Å²) in [5, 5.41) is 2.95. The highest BCUT2D eigenvalue weighted by molar-refractivity contribution is 5.92. The third-order valence-electron chi connectivity index (χ3n) is 4.94. The fourth-order valence-electron chi connectivity index (χ4n) is 3.62. The lowest BCUT2D eigenvalue weighted by molar-refractivity contribution is -0.117. The van der Waals surface area contributed by atoms with E-state index in [1.807, 2.05) is 6.07 Å². The molecule has 0 aliphatic carbocycles. The number of hydrogen-bond acceptors (Lipinski definition) is 5. The fourth-order valence-corrected chi connectivity index (χ4v) is 3.62. The Morgan fingerprint density at radius 2 is 2.00 bits per heavy atom. The molecular weight excluding hydrogens is 344 g/mol. The Balaban J connectivity index is 1.65. The number of aromatic nitrogens is 2. The van der Waals surface area contributed by atoms with Crippen molar-refractivity contribution in [2.75, 3.05) is 32.6 Å². The van der Waals surface area contributed by atoms with Crippen LogP contribution in [0.5, 0.6) is 11.5 Å². The smallest absolute Gasteiger partial charge is 0.238 e. The molecule has 0 atom stereocenters. The average molecular weight is 372 g/mol. The normalized spacial score (nSPS) is 13.9. The Labute approximate surface area is 160 Å². The van der Waals surface area contributed by atoms with Crippen LogP contribution >= 0.6 is 0 Å². The molecule has 1 aliphatic rings. The maximum Gasteiger partial charge on any atom is 0.238 e. The molecule has 0 fully saturated rings. The van der Waals surface area contributed by atoms with E-state index in [0.717, 1.165) is 38.3 Å². The van der Waals surface area contributed by atoms with Gasteiger partial charge in [-0.2, -0.15) is 0 Å². The number of benzene rings is 1. The van der Waals surface area contributed by atoms with Crippen LogP contribution in [0.3, 0.4) is 0 Å². The minimum Gasteiger partial charge on any atom is -0.493 e. The van der Waals surface area contributed by atoms with E-state index in [9.17, 15) is 4.79 Å². The van der Waals surface area contributed by atoms with E-state index in [2.05, 4.69) is 28.6 Å². The summed E-state index contributed by atoms with van der Waals surface area (Å²) in [5.74, 6) is 2.33. The molecule has 7 nitrogen and oxygen atoms in total. The quantitative estimate of drug-likeness (QED) is 0.809. The Morgan fingerprint density at radius 3 is 2.67 bits per heavy atom. The molecule has 0 saturated carbocycles. The summed E-state index contributed by atoms with van der Waals surface area (Å²) in [7, 11) is 3.17. The van der Waals surface area contributed by atoms with Crippen molar-refractivity contribution in [3.8, 4) is 11.5 Å². The second-order valence-corrected chi connectivity index (χ2v) is 6.60. The van der Waals surface area contributed by atoms with Crippen molar-refractivity contribution in [3.05, 3.63) is 35.4 Å². The van der Waals surface area contributed by atoms with Gasteiger partial charge in [-0.25, -0.2) is 4.98 Å². The largest absolute Gasteiger partial charge is 0.493 e. The maximum atomic E-state index is 12.5. The topological polar surface area (TPSA) is 68.6 Å². The summed E-state index contributed by atoms with van der Waals surface area (Å²) >= 11 is 0. The standard InChI is InChI=1S/C20H28N4O3/c1-5-19-22-15-9-10-23(12-16(15)24(19)6-2)13-20(25)21-14-7-8-17(26-3)18(11-14)27-4/h7-8,11H,5-6,9-10,12-13H2,1-4H3,(H,21,25). The molecule has 3 rings (SSSR count). The van der Waals surface area contributed by atoms with Crippen molar-refractivity contribution in [1.29, 1.82) is 0 Å². The number of imidazole rings is 1. The van der Waals surface area contributed by atoms with Crippen LogP contribution in [0.15, 0.2) is 18.2 Å². The van der Waals surface area contributed by atoms with Crippen LogP contribution in [0.4, 0.5) is 5.69 Å². The van der Waals surface area contributed by atoms with Crippen molar-refractivity contribution in [2.45, 2.75) is 39.8 Å². The molecule has 0 radical (unpaired) electrons. The zero-order valence-corrected chi connectivity index (χ0v) is 16.5. The van der Waals surface area contributed by atoms with Crippen LogP contribution in [0.25, 0.3) is 0 Å². The minimum atomic E-state index is -0.0380. The van der Waals surface area contributed by atoms with E-state index in [4.69, 9.17) is 14.5 Å². The van der Waals surface area contributed by atoms with Gasteiger partial charge in [0.15, 0.2) is 11.5 Å². The molecule has 0 unspecified atom stereocenters. The summed E-state index contributed by atoms with van der Waals surface area (Å²) in [5.41, 5.74) is 3.13. The second kappa shape index (κ2) is 8.43.